The summed E-state index contributed by atoms with van der Waals surface area (Å²) in [6.07, 6.45) is 0.718. The summed E-state index contributed by atoms with van der Waals surface area (Å²) >= 11 is 12.1. The Kier molecular flexibility index (Phi) is 4.83. The number of halogens is 2. The Balaban J connectivity index is 2.24. The largest absolute Gasteiger partial charge is 0.271 e. The zero-order valence-corrected chi connectivity index (χ0v) is 12.2. The summed E-state index contributed by atoms with van der Waals surface area (Å²) in [7, 11) is 0. The van der Waals surface area contributed by atoms with Crippen molar-refractivity contribution in [2.45, 2.75) is 19.4 Å². The maximum atomic E-state index is 6.20. The second-order valence-corrected chi connectivity index (χ2v) is 5.42. The van der Waals surface area contributed by atoms with Gasteiger partial charge in [-0.05, 0) is 36.6 Å². The van der Waals surface area contributed by atoms with E-state index in [0.717, 1.165) is 17.5 Å². The first-order valence-electron chi connectivity index (χ1n) is 6.07. The first kappa shape index (κ1) is 14.4. The number of hydrogen-bond acceptors (Lipinski definition) is 2. The molecule has 2 nitrogen and oxygen atoms in total. The molecule has 2 rings (SSSR count). The van der Waals surface area contributed by atoms with Crippen molar-refractivity contribution in [3.05, 3.63) is 69.2 Å². The fraction of sp³-hybridized carbons (Fsp3) is 0.200. The highest BCUT2D eigenvalue weighted by Gasteiger charge is 2.12. The van der Waals surface area contributed by atoms with E-state index in [-0.39, 0.29) is 6.04 Å². The third kappa shape index (κ3) is 3.71. The van der Waals surface area contributed by atoms with Crippen LogP contribution in [0.5, 0.6) is 0 Å². The summed E-state index contributed by atoms with van der Waals surface area (Å²) in [4.78, 5) is 0. The standard InChI is InChI=1S/C15H16Cl2N2/c1-10-3-2-4-12(7-10)15(19-18)8-11-5-6-13(16)9-14(11)17/h2-7,9,15,19H,8,18H2,1H3. The van der Waals surface area contributed by atoms with Gasteiger partial charge in [0.25, 0.3) is 0 Å². The van der Waals surface area contributed by atoms with Gasteiger partial charge >= 0.3 is 0 Å². The number of aryl methyl sites for hydroxylation is 1. The monoisotopic (exact) mass is 294 g/mol. The zero-order chi connectivity index (χ0) is 13.8. The zero-order valence-electron chi connectivity index (χ0n) is 10.7. The molecular weight excluding hydrogens is 279 g/mol. The first-order chi connectivity index (χ1) is 9.10. The van der Waals surface area contributed by atoms with Crippen molar-refractivity contribution in [1.82, 2.24) is 5.43 Å². The van der Waals surface area contributed by atoms with Gasteiger partial charge in [-0.2, -0.15) is 0 Å². The molecule has 2 aromatic carbocycles. The molecule has 1 atom stereocenters. The van der Waals surface area contributed by atoms with Crippen molar-refractivity contribution in [1.29, 1.82) is 0 Å². The third-order valence-corrected chi connectivity index (χ3v) is 3.67. The molecule has 19 heavy (non-hydrogen) atoms. The average Bonchev–Trinajstić information content (AvgIpc) is 2.38. The van der Waals surface area contributed by atoms with E-state index >= 15 is 0 Å². The highest BCUT2D eigenvalue weighted by molar-refractivity contribution is 6.35. The minimum Gasteiger partial charge on any atom is -0.271 e. The van der Waals surface area contributed by atoms with Crippen LogP contribution in [0.1, 0.15) is 22.7 Å². The van der Waals surface area contributed by atoms with Gasteiger partial charge in [0, 0.05) is 10.0 Å². The van der Waals surface area contributed by atoms with E-state index in [1.807, 2.05) is 18.2 Å². The number of nitrogens with two attached hydrogens (primary N) is 1. The van der Waals surface area contributed by atoms with Crippen molar-refractivity contribution < 1.29 is 0 Å². The van der Waals surface area contributed by atoms with Crippen LogP contribution < -0.4 is 11.3 Å². The van der Waals surface area contributed by atoms with Crippen LogP contribution in [0.25, 0.3) is 0 Å². The Hall–Kier alpha value is -1.06. The quantitative estimate of drug-likeness (QED) is 0.659. The summed E-state index contributed by atoms with van der Waals surface area (Å²) < 4.78 is 0. The maximum absolute atomic E-state index is 6.20. The van der Waals surface area contributed by atoms with Gasteiger partial charge in [-0.15, -0.1) is 0 Å². The Morgan fingerprint density at radius 1 is 1.16 bits per heavy atom. The Morgan fingerprint density at radius 2 is 1.95 bits per heavy atom. The molecule has 0 bridgehead atoms. The summed E-state index contributed by atoms with van der Waals surface area (Å²) in [6.45, 7) is 2.06. The number of hydrogen-bond donors (Lipinski definition) is 2. The van der Waals surface area contributed by atoms with E-state index in [9.17, 15) is 0 Å². The van der Waals surface area contributed by atoms with Gasteiger partial charge in [-0.1, -0.05) is 59.1 Å². The van der Waals surface area contributed by atoms with E-state index in [2.05, 4.69) is 30.5 Å². The van der Waals surface area contributed by atoms with Crippen molar-refractivity contribution >= 4 is 23.2 Å². The predicted molar refractivity (Wildman–Crippen MR) is 81.4 cm³/mol. The van der Waals surface area contributed by atoms with Crippen LogP contribution in [0.4, 0.5) is 0 Å². The molecule has 0 aliphatic carbocycles. The lowest BCUT2D eigenvalue weighted by atomic mass is 9.98. The second-order valence-electron chi connectivity index (χ2n) is 4.57. The molecule has 2 aromatic rings. The van der Waals surface area contributed by atoms with Crippen LogP contribution >= 0.6 is 23.2 Å². The molecule has 0 aliphatic heterocycles. The highest BCUT2D eigenvalue weighted by atomic mass is 35.5. The Bertz CT molecular complexity index is 570. The van der Waals surface area contributed by atoms with Crippen molar-refractivity contribution in [2.24, 2.45) is 5.84 Å². The summed E-state index contributed by atoms with van der Waals surface area (Å²) in [6, 6.07) is 13.8. The SMILES string of the molecule is Cc1cccc(C(Cc2ccc(Cl)cc2Cl)NN)c1. The molecule has 0 fully saturated rings. The van der Waals surface area contributed by atoms with Gasteiger partial charge in [-0.25, -0.2) is 0 Å². The lowest BCUT2D eigenvalue weighted by Gasteiger charge is -2.17. The van der Waals surface area contributed by atoms with Crippen molar-refractivity contribution in [2.75, 3.05) is 0 Å². The molecular formula is C15H16Cl2N2. The third-order valence-electron chi connectivity index (χ3n) is 3.08. The molecule has 3 N–H and O–H groups in total. The van der Waals surface area contributed by atoms with Crippen LogP contribution in [0.15, 0.2) is 42.5 Å². The normalized spacial score (nSPS) is 12.4. The lowest BCUT2D eigenvalue weighted by molar-refractivity contribution is 0.552. The van der Waals surface area contributed by atoms with Gasteiger partial charge in [-0.3, -0.25) is 11.3 Å². The average molecular weight is 295 g/mol. The maximum Gasteiger partial charge on any atom is 0.0500 e. The van der Waals surface area contributed by atoms with E-state index in [1.165, 1.54) is 5.56 Å². The van der Waals surface area contributed by atoms with E-state index in [0.29, 0.717) is 10.0 Å². The van der Waals surface area contributed by atoms with Crippen LogP contribution in [-0.4, -0.2) is 0 Å². The number of benzene rings is 2. The van der Waals surface area contributed by atoms with E-state index in [4.69, 9.17) is 29.0 Å². The fourth-order valence-electron chi connectivity index (χ4n) is 2.07. The Morgan fingerprint density at radius 3 is 2.58 bits per heavy atom. The molecule has 1 unspecified atom stereocenters. The van der Waals surface area contributed by atoms with Crippen molar-refractivity contribution in [3.8, 4) is 0 Å². The minimum atomic E-state index is 0.0265. The molecule has 0 saturated heterocycles. The van der Waals surface area contributed by atoms with E-state index < -0.39 is 0 Å². The molecule has 0 radical (unpaired) electrons. The van der Waals surface area contributed by atoms with Crippen LogP contribution in [0, 0.1) is 6.92 Å². The fourth-order valence-corrected chi connectivity index (χ4v) is 2.55. The topological polar surface area (TPSA) is 38.0 Å². The molecule has 0 spiro atoms. The smallest absolute Gasteiger partial charge is 0.0500 e. The molecule has 0 aromatic heterocycles. The van der Waals surface area contributed by atoms with Crippen molar-refractivity contribution in [3.63, 3.8) is 0 Å². The van der Waals surface area contributed by atoms with Crippen LogP contribution in [-0.2, 0) is 6.42 Å². The molecule has 0 amide bonds. The van der Waals surface area contributed by atoms with Gasteiger partial charge in [0.05, 0.1) is 6.04 Å². The summed E-state index contributed by atoms with van der Waals surface area (Å²) in [5, 5.41) is 1.31. The van der Waals surface area contributed by atoms with Crippen LogP contribution in [0.3, 0.4) is 0 Å². The molecule has 4 heteroatoms. The summed E-state index contributed by atoms with van der Waals surface area (Å²) in [5.41, 5.74) is 6.22. The number of hydrazine groups is 1. The predicted octanol–water partition coefficient (Wildman–Crippen LogP) is 4.05. The van der Waals surface area contributed by atoms with Gasteiger partial charge in [0.2, 0.25) is 0 Å². The lowest BCUT2D eigenvalue weighted by Crippen LogP contribution is -2.29. The van der Waals surface area contributed by atoms with Gasteiger partial charge in [0.1, 0.15) is 0 Å². The highest BCUT2D eigenvalue weighted by Crippen LogP contribution is 2.26. The Labute approximate surface area is 123 Å². The first-order valence-corrected chi connectivity index (χ1v) is 6.82. The number of nitrogens with one attached hydrogen (secondary N) is 1. The number of rotatable bonds is 4. The molecule has 0 saturated carbocycles. The van der Waals surface area contributed by atoms with Gasteiger partial charge in [0.15, 0.2) is 0 Å². The molecule has 100 valence electrons. The molecule has 0 aliphatic rings. The van der Waals surface area contributed by atoms with Gasteiger partial charge < -0.3 is 0 Å². The summed E-state index contributed by atoms with van der Waals surface area (Å²) in [5.74, 6) is 5.66. The minimum absolute atomic E-state index is 0.0265. The van der Waals surface area contributed by atoms with E-state index in [1.54, 1.807) is 6.07 Å². The second kappa shape index (κ2) is 6.40. The van der Waals surface area contributed by atoms with Crippen LogP contribution in [0.2, 0.25) is 10.0 Å². The molecule has 0 heterocycles.